The number of allylic oxidation sites excluding steroid dienone is 1. The molecule has 0 bridgehead atoms. The first-order chi connectivity index (χ1) is 6.72. The fourth-order valence-corrected chi connectivity index (χ4v) is 2.08. The Bertz CT molecular complexity index is 181. The van der Waals surface area contributed by atoms with Gasteiger partial charge in [0, 0.05) is 13.1 Å². The average Bonchev–Trinajstić information content (AvgIpc) is 2.16. The van der Waals surface area contributed by atoms with E-state index >= 15 is 0 Å². The van der Waals surface area contributed by atoms with Crippen LogP contribution in [0.1, 0.15) is 26.7 Å². The zero-order valence-corrected chi connectivity index (χ0v) is 9.84. The first-order valence-electron chi connectivity index (χ1n) is 5.72. The molecule has 0 aromatic rings. The molecule has 1 aliphatic rings. The summed E-state index contributed by atoms with van der Waals surface area (Å²) < 4.78 is 0. The highest BCUT2D eigenvalue weighted by Gasteiger charge is 2.17. The Labute approximate surface area is 88.4 Å². The van der Waals surface area contributed by atoms with E-state index in [1.54, 1.807) is 0 Å². The number of hydrogen-bond acceptors (Lipinski definition) is 2. The van der Waals surface area contributed by atoms with Crippen LogP contribution >= 0.6 is 0 Å². The van der Waals surface area contributed by atoms with E-state index in [2.05, 4.69) is 37.2 Å². The highest BCUT2D eigenvalue weighted by Crippen LogP contribution is 2.15. The molecule has 1 N–H and O–H groups in total. The van der Waals surface area contributed by atoms with Crippen LogP contribution in [0, 0.1) is 5.92 Å². The first-order valence-corrected chi connectivity index (χ1v) is 5.72. The summed E-state index contributed by atoms with van der Waals surface area (Å²) in [6, 6.07) is 0. The van der Waals surface area contributed by atoms with Gasteiger partial charge in [0.2, 0.25) is 0 Å². The van der Waals surface area contributed by atoms with Crippen molar-refractivity contribution in [3.63, 3.8) is 0 Å². The molecule has 82 valence electrons. The largest absolute Gasteiger partial charge is 0.319 e. The van der Waals surface area contributed by atoms with Gasteiger partial charge in [0.15, 0.2) is 0 Å². The van der Waals surface area contributed by atoms with E-state index in [4.69, 9.17) is 0 Å². The van der Waals surface area contributed by atoms with E-state index < -0.39 is 0 Å². The van der Waals surface area contributed by atoms with Gasteiger partial charge in [-0.05, 0) is 52.7 Å². The highest BCUT2D eigenvalue weighted by molar-refractivity contribution is 4.95. The van der Waals surface area contributed by atoms with E-state index in [0.717, 1.165) is 12.5 Å². The average molecular weight is 196 g/mol. The Morgan fingerprint density at radius 2 is 2.29 bits per heavy atom. The zero-order chi connectivity index (χ0) is 10.4. The highest BCUT2D eigenvalue weighted by atomic mass is 15.1. The molecular weight excluding hydrogens is 172 g/mol. The number of rotatable bonds is 4. The van der Waals surface area contributed by atoms with Crippen molar-refractivity contribution in [2.75, 3.05) is 33.2 Å². The molecule has 0 aromatic heterocycles. The van der Waals surface area contributed by atoms with Crippen LogP contribution in [0.4, 0.5) is 0 Å². The molecule has 0 aromatic carbocycles. The topological polar surface area (TPSA) is 15.3 Å². The minimum Gasteiger partial charge on any atom is -0.319 e. The van der Waals surface area contributed by atoms with E-state index in [9.17, 15) is 0 Å². The van der Waals surface area contributed by atoms with Crippen LogP contribution in [-0.4, -0.2) is 38.1 Å². The summed E-state index contributed by atoms with van der Waals surface area (Å²) in [4.78, 5) is 2.57. The molecule has 14 heavy (non-hydrogen) atoms. The van der Waals surface area contributed by atoms with Crippen molar-refractivity contribution in [3.8, 4) is 0 Å². The molecule has 1 heterocycles. The van der Waals surface area contributed by atoms with Gasteiger partial charge >= 0.3 is 0 Å². The summed E-state index contributed by atoms with van der Waals surface area (Å²) in [5.74, 6) is 0.860. The predicted octanol–water partition coefficient (Wildman–Crippen LogP) is 1.88. The molecule has 2 nitrogen and oxygen atoms in total. The molecule has 0 aliphatic carbocycles. The van der Waals surface area contributed by atoms with Gasteiger partial charge in [-0.25, -0.2) is 0 Å². The minimum absolute atomic E-state index is 0.860. The maximum atomic E-state index is 3.28. The lowest BCUT2D eigenvalue weighted by atomic mass is 9.98. The number of nitrogens with one attached hydrogen (secondary N) is 1. The second-order valence-electron chi connectivity index (χ2n) is 4.61. The lowest BCUT2D eigenvalue weighted by molar-refractivity contribution is 0.190. The van der Waals surface area contributed by atoms with Gasteiger partial charge in [0.05, 0.1) is 0 Å². The summed E-state index contributed by atoms with van der Waals surface area (Å²) in [5.41, 5.74) is 1.43. The van der Waals surface area contributed by atoms with Crippen molar-refractivity contribution in [1.29, 1.82) is 0 Å². The Morgan fingerprint density at radius 1 is 1.50 bits per heavy atom. The molecule has 1 atom stereocenters. The molecule has 1 aliphatic heterocycles. The third-order valence-electron chi connectivity index (χ3n) is 2.85. The quantitative estimate of drug-likeness (QED) is 0.691. The van der Waals surface area contributed by atoms with Gasteiger partial charge in [-0.2, -0.15) is 0 Å². The van der Waals surface area contributed by atoms with Crippen LogP contribution in [0.25, 0.3) is 0 Å². The van der Waals surface area contributed by atoms with E-state index in [1.165, 1.54) is 38.0 Å². The van der Waals surface area contributed by atoms with Crippen molar-refractivity contribution in [2.24, 2.45) is 5.92 Å². The molecule has 0 amide bonds. The Balaban J connectivity index is 2.29. The maximum Gasteiger partial charge on any atom is 0.0165 e. The smallest absolute Gasteiger partial charge is 0.0165 e. The summed E-state index contributed by atoms with van der Waals surface area (Å²) in [7, 11) is 2.05. The van der Waals surface area contributed by atoms with Gasteiger partial charge < -0.3 is 5.32 Å². The number of nitrogens with zero attached hydrogens (tertiary/aromatic N) is 1. The number of hydrogen-bond donors (Lipinski definition) is 1. The third-order valence-corrected chi connectivity index (χ3v) is 2.85. The fraction of sp³-hybridized carbons (Fsp3) is 0.833. The summed E-state index contributed by atoms with van der Waals surface area (Å²) >= 11 is 0. The van der Waals surface area contributed by atoms with Crippen LogP contribution in [0.3, 0.4) is 0 Å². The van der Waals surface area contributed by atoms with E-state index in [0.29, 0.717) is 0 Å². The molecule has 2 heteroatoms. The number of likely N-dealkylation sites (tertiary alicyclic amines) is 1. The van der Waals surface area contributed by atoms with Crippen molar-refractivity contribution in [2.45, 2.75) is 26.7 Å². The Morgan fingerprint density at radius 3 is 2.93 bits per heavy atom. The second kappa shape index (κ2) is 6.20. The van der Waals surface area contributed by atoms with Crippen molar-refractivity contribution in [1.82, 2.24) is 10.2 Å². The lowest BCUT2D eigenvalue weighted by Gasteiger charge is -2.31. The molecule has 0 spiro atoms. The molecule has 0 saturated carbocycles. The fourth-order valence-electron chi connectivity index (χ4n) is 2.08. The van der Waals surface area contributed by atoms with Gasteiger partial charge in [-0.3, -0.25) is 4.90 Å². The van der Waals surface area contributed by atoms with Gasteiger partial charge in [-0.1, -0.05) is 11.6 Å². The SMILES string of the molecule is CNCC1CCCN(CC=C(C)C)C1. The normalized spacial score (nSPS) is 23.5. The monoisotopic (exact) mass is 196 g/mol. The molecule has 1 saturated heterocycles. The van der Waals surface area contributed by atoms with Crippen LogP contribution in [0.15, 0.2) is 11.6 Å². The van der Waals surface area contributed by atoms with E-state index in [-0.39, 0.29) is 0 Å². The second-order valence-corrected chi connectivity index (χ2v) is 4.61. The van der Waals surface area contributed by atoms with Crippen molar-refractivity contribution < 1.29 is 0 Å². The van der Waals surface area contributed by atoms with Gasteiger partial charge in [-0.15, -0.1) is 0 Å². The van der Waals surface area contributed by atoms with Crippen LogP contribution in [-0.2, 0) is 0 Å². The standard InChI is InChI=1S/C12H24N2/c1-11(2)6-8-14-7-4-5-12(10-14)9-13-3/h6,12-13H,4-5,7-10H2,1-3H3. The first kappa shape index (κ1) is 11.7. The molecule has 1 rings (SSSR count). The molecule has 0 radical (unpaired) electrons. The van der Waals surface area contributed by atoms with Gasteiger partial charge in [0.25, 0.3) is 0 Å². The Hall–Kier alpha value is -0.340. The van der Waals surface area contributed by atoms with Crippen molar-refractivity contribution >= 4 is 0 Å². The zero-order valence-electron chi connectivity index (χ0n) is 9.84. The maximum absolute atomic E-state index is 3.28. The summed E-state index contributed by atoms with van der Waals surface area (Å²) in [6.07, 6.45) is 5.09. The van der Waals surface area contributed by atoms with Crippen molar-refractivity contribution in [3.05, 3.63) is 11.6 Å². The third kappa shape index (κ3) is 4.25. The summed E-state index contributed by atoms with van der Waals surface area (Å²) in [5, 5.41) is 3.28. The molecule has 1 fully saturated rings. The molecular formula is C12H24N2. The Kier molecular flexibility index (Phi) is 5.20. The van der Waals surface area contributed by atoms with Crippen LogP contribution in [0.2, 0.25) is 0 Å². The summed E-state index contributed by atoms with van der Waals surface area (Å²) in [6.45, 7) is 9.21. The molecule has 1 unspecified atom stereocenters. The predicted molar refractivity (Wildman–Crippen MR) is 62.5 cm³/mol. The minimum atomic E-state index is 0.860. The van der Waals surface area contributed by atoms with Gasteiger partial charge in [0.1, 0.15) is 0 Å². The van der Waals surface area contributed by atoms with E-state index in [1.807, 2.05) is 0 Å². The van der Waals surface area contributed by atoms with Crippen LogP contribution < -0.4 is 5.32 Å². The number of piperidine rings is 1. The lowest BCUT2D eigenvalue weighted by Crippen LogP contribution is -2.39. The van der Waals surface area contributed by atoms with Crippen LogP contribution in [0.5, 0.6) is 0 Å².